The van der Waals surface area contributed by atoms with Gasteiger partial charge in [0.05, 0.1) is 0 Å². The molecule has 0 aliphatic heterocycles. The molecule has 0 unspecified atom stereocenters. The fraction of sp³-hybridized carbons (Fsp3) is 0.385. The maximum atomic E-state index is 11.3. The molecule has 1 rings (SSSR count). The zero-order valence-corrected chi connectivity index (χ0v) is 11.0. The van der Waals surface area contributed by atoms with Crippen LogP contribution in [-0.4, -0.2) is 17.6 Å². The molecule has 1 amide bonds. The lowest BCUT2D eigenvalue weighted by Crippen LogP contribution is -2.41. The minimum absolute atomic E-state index is 0.0520. The molecule has 0 saturated carbocycles. The summed E-state index contributed by atoms with van der Waals surface area (Å²) < 4.78 is 0. The zero-order chi connectivity index (χ0) is 12.7. The molecule has 3 nitrogen and oxygen atoms in total. The van der Waals surface area contributed by atoms with E-state index in [4.69, 9.17) is 12.2 Å². The molecule has 0 saturated heterocycles. The highest BCUT2D eigenvalue weighted by Gasteiger charge is 2.07. The number of carbonyl (C=O) groups is 1. The van der Waals surface area contributed by atoms with E-state index < -0.39 is 0 Å². The second kappa shape index (κ2) is 7.01. The van der Waals surface area contributed by atoms with Crippen LogP contribution >= 0.6 is 12.2 Å². The van der Waals surface area contributed by atoms with Crippen molar-refractivity contribution < 1.29 is 4.79 Å². The Bertz CT molecular complexity index is 376. The van der Waals surface area contributed by atoms with Gasteiger partial charge in [-0.25, -0.2) is 0 Å². The van der Waals surface area contributed by atoms with Gasteiger partial charge in [0, 0.05) is 12.5 Å². The number of benzene rings is 1. The van der Waals surface area contributed by atoms with Crippen LogP contribution in [0.15, 0.2) is 30.3 Å². The molecule has 17 heavy (non-hydrogen) atoms. The fourth-order valence-corrected chi connectivity index (χ4v) is 1.47. The first-order valence-corrected chi connectivity index (χ1v) is 6.13. The highest BCUT2D eigenvalue weighted by molar-refractivity contribution is 7.80. The molecule has 0 atom stereocenters. The highest BCUT2D eigenvalue weighted by Crippen LogP contribution is 1.98. The van der Waals surface area contributed by atoms with Crippen LogP contribution in [0.25, 0.3) is 0 Å². The molecule has 0 aromatic heterocycles. The van der Waals surface area contributed by atoms with Crippen molar-refractivity contribution in [2.45, 2.75) is 20.3 Å². The number of thiocarbonyl (C=S) groups is 1. The van der Waals surface area contributed by atoms with E-state index in [1.54, 1.807) is 0 Å². The van der Waals surface area contributed by atoms with Crippen molar-refractivity contribution in [2.75, 3.05) is 6.54 Å². The molecule has 0 heterocycles. The number of amides is 1. The quantitative estimate of drug-likeness (QED) is 0.802. The Balaban J connectivity index is 2.23. The third-order valence-electron chi connectivity index (χ3n) is 2.30. The van der Waals surface area contributed by atoms with E-state index in [1.165, 1.54) is 5.56 Å². The molecule has 0 bridgehead atoms. The lowest BCUT2D eigenvalue weighted by Gasteiger charge is -2.10. The molecule has 0 aliphatic rings. The predicted molar refractivity (Wildman–Crippen MR) is 73.7 cm³/mol. The van der Waals surface area contributed by atoms with Gasteiger partial charge in [-0.3, -0.25) is 4.79 Å². The standard InChI is InChI=1S/C13H18N2OS/c1-10(2)12(16)15-13(17)14-9-8-11-6-4-3-5-7-11/h3-7,10H,8-9H2,1-2H3,(H2,14,15,16,17). The summed E-state index contributed by atoms with van der Waals surface area (Å²) >= 11 is 5.02. The van der Waals surface area contributed by atoms with Crippen LogP contribution in [0, 0.1) is 5.92 Å². The molecule has 1 aromatic rings. The minimum Gasteiger partial charge on any atom is -0.362 e. The summed E-state index contributed by atoms with van der Waals surface area (Å²) in [7, 11) is 0. The summed E-state index contributed by atoms with van der Waals surface area (Å²) in [6.45, 7) is 4.39. The van der Waals surface area contributed by atoms with Gasteiger partial charge in [0.25, 0.3) is 0 Å². The van der Waals surface area contributed by atoms with Gasteiger partial charge in [0.1, 0.15) is 0 Å². The van der Waals surface area contributed by atoms with E-state index in [9.17, 15) is 4.79 Å². The number of rotatable bonds is 4. The molecule has 0 fully saturated rings. The molecule has 4 heteroatoms. The van der Waals surface area contributed by atoms with Crippen LogP contribution in [-0.2, 0) is 11.2 Å². The van der Waals surface area contributed by atoms with Crippen molar-refractivity contribution in [2.24, 2.45) is 5.92 Å². The normalized spacial score (nSPS) is 10.1. The summed E-state index contributed by atoms with van der Waals surface area (Å²) in [6, 6.07) is 10.1. The van der Waals surface area contributed by atoms with Gasteiger partial charge < -0.3 is 10.6 Å². The fourth-order valence-electron chi connectivity index (χ4n) is 1.27. The number of hydrogen-bond acceptors (Lipinski definition) is 2. The molecule has 0 radical (unpaired) electrons. The van der Waals surface area contributed by atoms with Gasteiger partial charge in [-0.1, -0.05) is 44.2 Å². The van der Waals surface area contributed by atoms with E-state index in [-0.39, 0.29) is 11.8 Å². The first kappa shape index (κ1) is 13.6. The van der Waals surface area contributed by atoms with E-state index in [0.717, 1.165) is 13.0 Å². The van der Waals surface area contributed by atoms with Gasteiger partial charge in [0.15, 0.2) is 5.11 Å². The highest BCUT2D eigenvalue weighted by atomic mass is 32.1. The maximum absolute atomic E-state index is 11.3. The monoisotopic (exact) mass is 250 g/mol. The van der Waals surface area contributed by atoms with Gasteiger partial charge in [-0.2, -0.15) is 0 Å². The minimum atomic E-state index is -0.0535. The summed E-state index contributed by atoms with van der Waals surface area (Å²) in [5, 5.41) is 6.07. The Morgan fingerprint density at radius 2 is 1.94 bits per heavy atom. The number of carbonyl (C=O) groups excluding carboxylic acids is 1. The smallest absolute Gasteiger partial charge is 0.228 e. The molecular formula is C13H18N2OS. The molecule has 0 aliphatic carbocycles. The Labute approximate surface area is 108 Å². The SMILES string of the molecule is CC(C)C(=O)NC(=S)NCCc1ccccc1. The van der Waals surface area contributed by atoms with Crippen molar-refractivity contribution in [1.29, 1.82) is 0 Å². The summed E-state index contributed by atoms with van der Waals surface area (Å²) in [5.41, 5.74) is 1.25. The molecule has 1 aromatic carbocycles. The zero-order valence-electron chi connectivity index (χ0n) is 10.2. The first-order chi connectivity index (χ1) is 8.09. The Morgan fingerprint density at radius 1 is 1.29 bits per heavy atom. The van der Waals surface area contributed by atoms with Crippen LogP contribution in [0.5, 0.6) is 0 Å². The summed E-state index contributed by atoms with van der Waals surface area (Å²) in [4.78, 5) is 11.3. The number of nitrogens with one attached hydrogen (secondary N) is 2. The summed E-state index contributed by atoms with van der Waals surface area (Å²) in [5.74, 6) is -0.105. The first-order valence-electron chi connectivity index (χ1n) is 5.72. The van der Waals surface area contributed by atoms with Gasteiger partial charge >= 0.3 is 0 Å². The Kier molecular flexibility index (Phi) is 5.63. The average molecular weight is 250 g/mol. The van der Waals surface area contributed by atoms with Gasteiger partial charge in [-0.15, -0.1) is 0 Å². The summed E-state index contributed by atoms with van der Waals surface area (Å²) in [6.07, 6.45) is 0.887. The number of hydrogen-bond donors (Lipinski definition) is 2. The van der Waals surface area contributed by atoms with Gasteiger partial charge in [-0.05, 0) is 24.2 Å². The second-order valence-corrected chi connectivity index (χ2v) is 4.54. The van der Waals surface area contributed by atoms with E-state index in [2.05, 4.69) is 22.8 Å². The third kappa shape index (κ3) is 5.45. The Morgan fingerprint density at radius 3 is 2.53 bits per heavy atom. The van der Waals surface area contributed by atoms with Crippen LogP contribution < -0.4 is 10.6 Å². The lowest BCUT2D eigenvalue weighted by atomic mass is 10.1. The van der Waals surface area contributed by atoms with Gasteiger partial charge in [0.2, 0.25) is 5.91 Å². The lowest BCUT2D eigenvalue weighted by molar-refractivity contribution is -0.122. The van der Waals surface area contributed by atoms with E-state index in [0.29, 0.717) is 5.11 Å². The van der Waals surface area contributed by atoms with Crippen molar-refractivity contribution in [3.63, 3.8) is 0 Å². The van der Waals surface area contributed by atoms with Crippen LogP contribution in [0.3, 0.4) is 0 Å². The van der Waals surface area contributed by atoms with Crippen molar-refractivity contribution in [3.05, 3.63) is 35.9 Å². The maximum Gasteiger partial charge on any atom is 0.228 e. The van der Waals surface area contributed by atoms with Crippen molar-refractivity contribution in [3.8, 4) is 0 Å². The Hall–Kier alpha value is -1.42. The van der Waals surface area contributed by atoms with E-state index >= 15 is 0 Å². The largest absolute Gasteiger partial charge is 0.362 e. The third-order valence-corrected chi connectivity index (χ3v) is 2.55. The second-order valence-electron chi connectivity index (χ2n) is 4.14. The van der Waals surface area contributed by atoms with Crippen LogP contribution in [0.2, 0.25) is 0 Å². The molecular weight excluding hydrogens is 232 g/mol. The van der Waals surface area contributed by atoms with Crippen molar-refractivity contribution >= 4 is 23.2 Å². The van der Waals surface area contributed by atoms with Crippen molar-refractivity contribution in [1.82, 2.24) is 10.6 Å². The predicted octanol–water partition coefficient (Wildman–Crippen LogP) is 1.88. The van der Waals surface area contributed by atoms with E-state index in [1.807, 2.05) is 32.0 Å². The topological polar surface area (TPSA) is 41.1 Å². The average Bonchev–Trinajstić information content (AvgIpc) is 2.30. The molecule has 2 N–H and O–H groups in total. The van der Waals surface area contributed by atoms with Crippen LogP contribution in [0.1, 0.15) is 19.4 Å². The molecule has 0 spiro atoms. The van der Waals surface area contributed by atoms with Crippen LogP contribution in [0.4, 0.5) is 0 Å². The molecule has 92 valence electrons.